The van der Waals surface area contributed by atoms with Gasteiger partial charge in [-0.05, 0) is 19.4 Å². The molecule has 1 heterocycles. The van der Waals surface area contributed by atoms with E-state index in [1.54, 1.807) is 0 Å². The predicted molar refractivity (Wildman–Crippen MR) is 61.2 cm³/mol. The average molecular weight is 194 g/mol. The Hall–Kier alpha value is -0.520. The van der Waals surface area contributed by atoms with Crippen LogP contribution >= 0.6 is 0 Å². The molecule has 1 unspecified atom stereocenters. The Morgan fingerprint density at radius 1 is 1.57 bits per heavy atom. The molecule has 0 radical (unpaired) electrons. The van der Waals surface area contributed by atoms with E-state index in [0.717, 1.165) is 19.4 Å². The molecule has 1 fully saturated rings. The first-order valence-corrected chi connectivity index (χ1v) is 5.76. The molecule has 1 rings (SSSR count). The number of nitrogens with one attached hydrogen (secondary N) is 1. The van der Waals surface area contributed by atoms with Gasteiger partial charge in [-0.1, -0.05) is 13.3 Å². The van der Waals surface area contributed by atoms with Crippen molar-refractivity contribution in [1.29, 1.82) is 0 Å². The Morgan fingerprint density at radius 2 is 2.43 bits per heavy atom. The summed E-state index contributed by atoms with van der Waals surface area (Å²) in [6, 6.07) is 0.708. The van der Waals surface area contributed by atoms with E-state index in [0.29, 0.717) is 6.04 Å². The first-order valence-electron chi connectivity index (χ1n) is 5.76. The highest BCUT2D eigenvalue weighted by Crippen LogP contribution is 2.05. The molecule has 2 heteroatoms. The molecule has 2 nitrogen and oxygen atoms in total. The Bertz CT molecular complexity index is 181. The largest absolute Gasteiger partial charge is 0.311 e. The maximum atomic E-state index is 5.24. The van der Waals surface area contributed by atoms with Crippen LogP contribution in [0.25, 0.3) is 0 Å². The molecule has 0 aromatic rings. The standard InChI is InChI=1S/C12H22N2/c1-3-5-6-9-14-10-8-13-12(11-14)7-4-2/h1,12-13H,4-11H2,2H3. The third-order valence-electron chi connectivity index (χ3n) is 2.77. The monoisotopic (exact) mass is 194 g/mol. The van der Waals surface area contributed by atoms with Crippen molar-refractivity contribution < 1.29 is 0 Å². The molecule has 0 amide bonds. The van der Waals surface area contributed by atoms with Crippen molar-refractivity contribution >= 4 is 0 Å². The van der Waals surface area contributed by atoms with Crippen molar-refractivity contribution in [2.24, 2.45) is 0 Å². The van der Waals surface area contributed by atoms with E-state index in [1.807, 2.05) is 0 Å². The second kappa shape index (κ2) is 6.86. The van der Waals surface area contributed by atoms with Crippen molar-refractivity contribution in [2.75, 3.05) is 26.2 Å². The van der Waals surface area contributed by atoms with Gasteiger partial charge in [0.05, 0.1) is 0 Å². The molecule has 0 saturated carbocycles. The van der Waals surface area contributed by atoms with Gasteiger partial charge in [-0.2, -0.15) is 0 Å². The lowest BCUT2D eigenvalue weighted by atomic mass is 10.1. The van der Waals surface area contributed by atoms with Gasteiger partial charge in [0.15, 0.2) is 0 Å². The van der Waals surface area contributed by atoms with Gasteiger partial charge in [0.1, 0.15) is 0 Å². The maximum Gasteiger partial charge on any atom is 0.0195 e. The fourth-order valence-corrected chi connectivity index (χ4v) is 2.04. The lowest BCUT2D eigenvalue weighted by Gasteiger charge is -2.33. The van der Waals surface area contributed by atoms with Crippen LogP contribution in [0.15, 0.2) is 0 Å². The van der Waals surface area contributed by atoms with Crippen molar-refractivity contribution in [3.05, 3.63) is 0 Å². The molecule has 0 aromatic heterocycles. The molecular weight excluding hydrogens is 172 g/mol. The number of terminal acetylenes is 1. The summed E-state index contributed by atoms with van der Waals surface area (Å²) in [5, 5.41) is 3.56. The Balaban J connectivity index is 2.16. The zero-order valence-electron chi connectivity index (χ0n) is 9.26. The van der Waals surface area contributed by atoms with Crippen molar-refractivity contribution in [3.63, 3.8) is 0 Å². The van der Waals surface area contributed by atoms with Gasteiger partial charge in [0.2, 0.25) is 0 Å². The van der Waals surface area contributed by atoms with Crippen LogP contribution in [0, 0.1) is 12.3 Å². The topological polar surface area (TPSA) is 15.3 Å². The molecule has 1 saturated heterocycles. The predicted octanol–water partition coefficient (Wildman–Crippen LogP) is 1.47. The molecule has 0 bridgehead atoms. The van der Waals surface area contributed by atoms with Crippen LogP contribution in [-0.4, -0.2) is 37.1 Å². The van der Waals surface area contributed by atoms with Crippen molar-refractivity contribution in [2.45, 2.75) is 38.6 Å². The molecule has 0 aliphatic carbocycles. The Kier molecular flexibility index (Phi) is 5.66. The van der Waals surface area contributed by atoms with Gasteiger partial charge in [-0.3, -0.25) is 0 Å². The molecule has 0 spiro atoms. The van der Waals surface area contributed by atoms with Gasteiger partial charge < -0.3 is 10.2 Å². The number of hydrogen-bond donors (Lipinski definition) is 1. The van der Waals surface area contributed by atoms with Crippen LogP contribution in [0.1, 0.15) is 32.6 Å². The summed E-state index contributed by atoms with van der Waals surface area (Å²) in [6.45, 7) is 6.95. The summed E-state index contributed by atoms with van der Waals surface area (Å²) in [4.78, 5) is 2.54. The fourth-order valence-electron chi connectivity index (χ4n) is 2.04. The van der Waals surface area contributed by atoms with Crippen LogP contribution in [0.2, 0.25) is 0 Å². The third kappa shape index (κ3) is 4.13. The first kappa shape index (κ1) is 11.6. The molecule has 14 heavy (non-hydrogen) atoms. The van der Waals surface area contributed by atoms with E-state index in [2.05, 4.69) is 23.1 Å². The molecule has 80 valence electrons. The van der Waals surface area contributed by atoms with Gasteiger partial charge in [0.25, 0.3) is 0 Å². The highest BCUT2D eigenvalue weighted by molar-refractivity contribution is 4.84. The third-order valence-corrected chi connectivity index (χ3v) is 2.77. The summed E-state index contributed by atoms with van der Waals surface area (Å²) in [7, 11) is 0. The summed E-state index contributed by atoms with van der Waals surface area (Å²) < 4.78 is 0. The van der Waals surface area contributed by atoms with E-state index in [4.69, 9.17) is 6.42 Å². The SMILES string of the molecule is C#CCCCN1CCNC(CCC)C1. The van der Waals surface area contributed by atoms with E-state index in [-0.39, 0.29) is 0 Å². The van der Waals surface area contributed by atoms with Crippen LogP contribution < -0.4 is 5.32 Å². The smallest absolute Gasteiger partial charge is 0.0195 e. The zero-order chi connectivity index (χ0) is 10.2. The summed E-state index contributed by atoms with van der Waals surface area (Å²) in [5.41, 5.74) is 0. The first-order chi connectivity index (χ1) is 6.86. The molecule has 1 N–H and O–H groups in total. The molecule has 1 aliphatic heterocycles. The fraction of sp³-hybridized carbons (Fsp3) is 0.833. The highest BCUT2D eigenvalue weighted by atomic mass is 15.2. The van der Waals surface area contributed by atoms with E-state index in [9.17, 15) is 0 Å². The minimum Gasteiger partial charge on any atom is -0.311 e. The second-order valence-electron chi connectivity index (χ2n) is 4.05. The number of nitrogens with zero attached hydrogens (tertiary/aromatic N) is 1. The molecule has 0 aromatic carbocycles. The van der Waals surface area contributed by atoms with E-state index >= 15 is 0 Å². The Labute approximate surface area is 88.1 Å². The van der Waals surface area contributed by atoms with Crippen LogP contribution in [0.3, 0.4) is 0 Å². The zero-order valence-corrected chi connectivity index (χ0v) is 9.26. The Morgan fingerprint density at radius 3 is 3.14 bits per heavy atom. The maximum absolute atomic E-state index is 5.24. The quantitative estimate of drug-likeness (QED) is 0.527. The highest BCUT2D eigenvalue weighted by Gasteiger charge is 2.17. The number of unbranched alkanes of at least 4 members (excludes halogenated alkanes) is 1. The summed E-state index contributed by atoms with van der Waals surface area (Å²) >= 11 is 0. The second-order valence-corrected chi connectivity index (χ2v) is 4.05. The van der Waals surface area contributed by atoms with Crippen LogP contribution in [0.5, 0.6) is 0 Å². The minimum atomic E-state index is 0.708. The summed E-state index contributed by atoms with van der Waals surface area (Å²) in [5.74, 6) is 2.70. The normalized spacial score (nSPS) is 23.3. The van der Waals surface area contributed by atoms with Crippen molar-refractivity contribution in [3.8, 4) is 12.3 Å². The van der Waals surface area contributed by atoms with Crippen LogP contribution in [0.4, 0.5) is 0 Å². The number of hydrogen-bond acceptors (Lipinski definition) is 2. The average Bonchev–Trinajstić information content (AvgIpc) is 2.19. The molecule has 1 atom stereocenters. The van der Waals surface area contributed by atoms with Gasteiger partial charge in [-0.25, -0.2) is 0 Å². The molecule has 1 aliphatic rings. The van der Waals surface area contributed by atoms with Gasteiger partial charge >= 0.3 is 0 Å². The van der Waals surface area contributed by atoms with Crippen molar-refractivity contribution in [1.82, 2.24) is 10.2 Å². The summed E-state index contributed by atoms with van der Waals surface area (Å²) in [6.07, 6.45) is 9.88. The number of piperazine rings is 1. The molecular formula is C12H22N2. The lowest BCUT2D eigenvalue weighted by molar-refractivity contribution is 0.193. The van der Waals surface area contributed by atoms with Crippen LogP contribution in [-0.2, 0) is 0 Å². The van der Waals surface area contributed by atoms with Gasteiger partial charge in [0, 0.05) is 32.1 Å². The number of rotatable bonds is 5. The lowest BCUT2D eigenvalue weighted by Crippen LogP contribution is -2.50. The van der Waals surface area contributed by atoms with E-state index in [1.165, 1.54) is 32.5 Å². The van der Waals surface area contributed by atoms with Gasteiger partial charge in [-0.15, -0.1) is 12.3 Å². The minimum absolute atomic E-state index is 0.708. The van der Waals surface area contributed by atoms with E-state index < -0.39 is 0 Å².